The first-order valence-corrected chi connectivity index (χ1v) is 9.60. The van der Waals surface area contributed by atoms with Gasteiger partial charge in [0.05, 0.1) is 18.3 Å². The molecule has 2 aromatic carbocycles. The van der Waals surface area contributed by atoms with Crippen LogP contribution in [0.4, 0.5) is 0 Å². The second-order valence-electron chi connectivity index (χ2n) is 7.19. The molecule has 0 saturated heterocycles. The molecule has 5 nitrogen and oxygen atoms in total. The zero-order chi connectivity index (χ0) is 19.3. The van der Waals surface area contributed by atoms with E-state index in [1.54, 1.807) is 18.3 Å². The van der Waals surface area contributed by atoms with Crippen LogP contribution in [-0.4, -0.2) is 28.0 Å². The number of carbonyl (C=O) groups excluding carboxylic acids is 1. The van der Waals surface area contributed by atoms with Crippen molar-refractivity contribution in [2.45, 2.75) is 37.6 Å². The van der Waals surface area contributed by atoms with Crippen LogP contribution in [0.1, 0.15) is 40.4 Å². The second-order valence-corrected chi connectivity index (χ2v) is 7.19. The Hall–Kier alpha value is -2.92. The van der Waals surface area contributed by atoms with Gasteiger partial charge in [-0.05, 0) is 30.2 Å². The highest BCUT2D eigenvalue weighted by Gasteiger charge is 2.40. The third-order valence-electron chi connectivity index (χ3n) is 5.30. The highest BCUT2D eigenvalue weighted by molar-refractivity contribution is 5.89. The quantitative estimate of drug-likeness (QED) is 0.608. The molecule has 2 unspecified atom stereocenters. The van der Waals surface area contributed by atoms with E-state index in [1.807, 2.05) is 54.2 Å². The van der Waals surface area contributed by atoms with Crippen LogP contribution in [0.25, 0.3) is 0 Å². The molecule has 0 amide bonds. The molecule has 3 atom stereocenters. The highest BCUT2D eigenvalue weighted by atomic mass is 16.5. The largest absolute Gasteiger partial charge is 0.458 e. The van der Waals surface area contributed by atoms with Crippen LogP contribution in [0, 0.1) is 0 Å². The van der Waals surface area contributed by atoms with Gasteiger partial charge in [-0.1, -0.05) is 48.5 Å². The van der Waals surface area contributed by atoms with Gasteiger partial charge in [-0.15, -0.1) is 0 Å². The number of nitrogens with zero attached hydrogens (tertiary/aromatic N) is 2. The summed E-state index contributed by atoms with van der Waals surface area (Å²) in [5, 5.41) is 4.29. The third kappa shape index (κ3) is 4.15. The van der Waals surface area contributed by atoms with Crippen molar-refractivity contribution in [2.24, 2.45) is 7.05 Å². The van der Waals surface area contributed by atoms with Gasteiger partial charge in [-0.2, -0.15) is 5.10 Å². The van der Waals surface area contributed by atoms with Gasteiger partial charge in [0.25, 0.3) is 0 Å². The van der Waals surface area contributed by atoms with Crippen molar-refractivity contribution in [3.63, 3.8) is 0 Å². The Balaban J connectivity index is 1.47. The van der Waals surface area contributed by atoms with Gasteiger partial charge >= 0.3 is 5.97 Å². The first-order chi connectivity index (χ1) is 13.7. The fourth-order valence-electron chi connectivity index (χ4n) is 3.85. The average Bonchev–Trinajstić information content (AvgIpc) is 3.33. The summed E-state index contributed by atoms with van der Waals surface area (Å²) in [6.45, 7) is 0.558. The third-order valence-corrected chi connectivity index (χ3v) is 5.30. The standard InChI is InChI=1S/C23H24N2O3/c1-25-21(12-13-24-25)20-14-19(27-16-17-8-4-2-5-9-17)15-22(20)28-23(26)18-10-6-3-7-11-18/h2-13,19-20,22H,14-16H2,1H3/t19-,20?,22?/m0/s1. The number of rotatable bonds is 6. The molecule has 0 spiro atoms. The summed E-state index contributed by atoms with van der Waals surface area (Å²) in [5.41, 5.74) is 2.78. The van der Waals surface area contributed by atoms with Crippen LogP contribution in [0.15, 0.2) is 72.9 Å². The SMILES string of the molecule is Cn1nccc1C1C[C@H](OCc2ccccc2)CC1OC(=O)c1ccccc1. The average molecular weight is 376 g/mol. The van der Waals surface area contributed by atoms with Gasteiger partial charge in [0.1, 0.15) is 6.10 Å². The van der Waals surface area contributed by atoms with Crippen molar-refractivity contribution in [3.05, 3.63) is 89.7 Å². The lowest BCUT2D eigenvalue weighted by Crippen LogP contribution is -2.23. The number of aryl methyl sites for hydroxylation is 1. The summed E-state index contributed by atoms with van der Waals surface area (Å²) in [6, 6.07) is 21.3. The molecule has 0 aliphatic heterocycles. The minimum Gasteiger partial charge on any atom is -0.458 e. The zero-order valence-corrected chi connectivity index (χ0v) is 15.9. The summed E-state index contributed by atoms with van der Waals surface area (Å²) in [4.78, 5) is 12.6. The molecular weight excluding hydrogens is 352 g/mol. The van der Waals surface area contributed by atoms with Crippen molar-refractivity contribution >= 4 is 5.97 Å². The van der Waals surface area contributed by atoms with Gasteiger partial charge < -0.3 is 9.47 Å². The van der Waals surface area contributed by atoms with Gasteiger partial charge in [0, 0.05) is 31.3 Å². The number of carbonyl (C=O) groups is 1. The summed E-state index contributed by atoms with van der Waals surface area (Å²) < 4.78 is 13.9. The van der Waals surface area contributed by atoms with Crippen LogP contribution >= 0.6 is 0 Å². The van der Waals surface area contributed by atoms with Gasteiger partial charge in [-0.25, -0.2) is 4.79 Å². The lowest BCUT2D eigenvalue weighted by Gasteiger charge is -2.20. The fourth-order valence-corrected chi connectivity index (χ4v) is 3.85. The number of aromatic nitrogens is 2. The molecule has 1 saturated carbocycles. The summed E-state index contributed by atoms with van der Waals surface area (Å²) >= 11 is 0. The van der Waals surface area contributed by atoms with E-state index in [-0.39, 0.29) is 24.1 Å². The molecule has 4 rings (SSSR count). The summed E-state index contributed by atoms with van der Waals surface area (Å²) in [6.07, 6.45) is 3.07. The van der Waals surface area contributed by atoms with E-state index in [1.165, 1.54) is 0 Å². The van der Waals surface area contributed by atoms with E-state index in [0.717, 1.165) is 17.7 Å². The first-order valence-electron chi connectivity index (χ1n) is 9.60. The Labute approximate surface area is 164 Å². The smallest absolute Gasteiger partial charge is 0.338 e. The number of ether oxygens (including phenoxy) is 2. The molecule has 0 bridgehead atoms. The summed E-state index contributed by atoms with van der Waals surface area (Å²) in [7, 11) is 1.92. The lowest BCUT2D eigenvalue weighted by atomic mass is 10.0. The fraction of sp³-hybridized carbons (Fsp3) is 0.304. The maximum absolute atomic E-state index is 12.6. The summed E-state index contributed by atoms with van der Waals surface area (Å²) in [5.74, 6) is -0.220. The number of esters is 1. The highest BCUT2D eigenvalue weighted by Crippen LogP contribution is 2.38. The molecule has 1 aromatic heterocycles. The molecule has 5 heteroatoms. The van der Waals surface area contributed by atoms with Crippen molar-refractivity contribution in [3.8, 4) is 0 Å². The van der Waals surface area contributed by atoms with Crippen molar-refractivity contribution < 1.29 is 14.3 Å². The second kappa shape index (κ2) is 8.40. The molecular formula is C23H24N2O3. The molecule has 144 valence electrons. The van der Waals surface area contributed by atoms with E-state index in [2.05, 4.69) is 17.2 Å². The van der Waals surface area contributed by atoms with E-state index >= 15 is 0 Å². The minimum absolute atomic E-state index is 0.0358. The Kier molecular flexibility index (Phi) is 5.53. The molecule has 0 radical (unpaired) electrons. The Morgan fingerprint density at radius 1 is 1.04 bits per heavy atom. The van der Waals surface area contributed by atoms with E-state index in [4.69, 9.17) is 9.47 Å². The van der Waals surface area contributed by atoms with Gasteiger partial charge in [0.15, 0.2) is 0 Å². The predicted octanol–water partition coefficient (Wildman–Crippen LogP) is 4.11. The molecule has 0 N–H and O–H groups in total. The molecule has 28 heavy (non-hydrogen) atoms. The van der Waals surface area contributed by atoms with Crippen LogP contribution in [0.2, 0.25) is 0 Å². The zero-order valence-electron chi connectivity index (χ0n) is 15.9. The van der Waals surface area contributed by atoms with Crippen LogP contribution in [0.5, 0.6) is 0 Å². The van der Waals surface area contributed by atoms with E-state index in [9.17, 15) is 4.79 Å². The molecule has 1 heterocycles. The Bertz CT molecular complexity index is 908. The van der Waals surface area contributed by atoms with E-state index < -0.39 is 0 Å². The molecule has 1 fully saturated rings. The minimum atomic E-state index is -0.290. The number of benzene rings is 2. The Morgan fingerprint density at radius 3 is 2.43 bits per heavy atom. The molecule has 3 aromatic rings. The van der Waals surface area contributed by atoms with Crippen molar-refractivity contribution in [1.82, 2.24) is 9.78 Å². The van der Waals surface area contributed by atoms with Crippen molar-refractivity contribution in [2.75, 3.05) is 0 Å². The maximum atomic E-state index is 12.6. The number of hydrogen-bond donors (Lipinski definition) is 0. The van der Waals surface area contributed by atoms with Gasteiger partial charge in [0.2, 0.25) is 0 Å². The van der Waals surface area contributed by atoms with Crippen LogP contribution in [-0.2, 0) is 23.1 Å². The van der Waals surface area contributed by atoms with E-state index in [0.29, 0.717) is 18.6 Å². The van der Waals surface area contributed by atoms with Crippen LogP contribution in [0.3, 0.4) is 0 Å². The molecule has 1 aliphatic carbocycles. The number of hydrogen-bond acceptors (Lipinski definition) is 4. The van der Waals surface area contributed by atoms with Gasteiger partial charge in [-0.3, -0.25) is 4.68 Å². The topological polar surface area (TPSA) is 53.4 Å². The normalized spacial score (nSPS) is 21.5. The Morgan fingerprint density at radius 2 is 1.75 bits per heavy atom. The predicted molar refractivity (Wildman–Crippen MR) is 106 cm³/mol. The van der Waals surface area contributed by atoms with Crippen LogP contribution < -0.4 is 0 Å². The lowest BCUT2D eigenvalue weighted by molar-refractivity contribution is 0.0142. The first kappa shape index (κ1) is 18.4. The van der Waals surface area contributed by atoms with Crippen molar-refractivity contribution in [1.29, 1.82) is 0 Å². The monoisotopic (exact) mass is 376 g/mol. The maximum Gasteiger partial charge on any atom is 0.338 e. The molecule has 1 aliphatic rings.